The van der Waals surface area contributed by atoms with E-state index in [0.717, 1.165) is 0 Å². The van der Waals surface area contributed by atoms with Crippen LogP contribution >= 0.6 is 0 Å². The van der Waals surface area contributed by atoms with Crippen molar-refractivity contribution in [1.82, 2.24) is 0 Å². The van der Waals surface area contributed by atoms with Crippen LogP contribution in [0.3, 0.4) is 0 Å². The zero-order valence-electron chi connectivity index (χ0n) is 10.3. The summed E-state index contributed by atoms with van der Waals surface area (Å²) in [6.45, 7) is 0. The highest BCUT2D eigenvalue weighted by Crippen LogP contribution is 2.18. The Morgan fingerprint density at radius 3 is 2.19 bits per heavy atom. The average Bonchev–Trinajstić information content (AvgIpc) is 2.37. The molecule has 1 rings (SSSR count). The molecule has 0 spiro atoms. The molecule has 0 saturated carbocycles. The lowest BCUT2D eigenvalue weighted by Crippen LogP contribution is -2.38. The van der Waals surface area contributed by atoms with Gasteiger partial charge in [0.1, 0.15) is 5.75 Å². The largest absolute Gasteiger partial charge is 0.491 e. The van der Waals surface area contributed by atoms with Crippen molar-refractivity contribution in [1.29, 1.82) is 0 Å². The van der Waals surface area contributed by atoms with E-state index >= 15 is 0 Å². The Morgan fingerprint density at radius 1 is 1.14 bits per heavy atom. The van der Waals surface area contributed by atoms with Crippen LogP contribution in [0.2, 0.25) is 0 Å². The van der Waals surface area contributed by atoms with E-state index in [9.17, 15) is 22.8 Å². The van der Waals surface area contributed by atoms with Gasteiger partial charge in [-0.3, -0.25) is 0 Å². The number of rotatable bonds is 4. The minimum absolute atomic E-state index is 0.0151. The van der Waals surface area contributed by atoms with Crippen molar-refractivity contribution in [3.8, 4) is 5.75 Å². The summed E-state index contributed by atoms with van der Waals surface area (Å²) in [6, 6.07) is 7.36. The number of hydrogen-bond donors (Lipinski definition) is 2. The van der Waals surface area contributed by atoms with E-state index < -0.39 is 30.3 Å². The molecule has 0 amide bonds. The van der Waals surface area contributed by atoms with Gasteiger partial charge in [-0.05, 0) is 12.1 Å². The van der Waals surface area contributed by atoms with E-state index in [2.05, 4.69) is 14.5 Å². The van der Waals surface area contributed by atoms with E-state index in [-0.39, 0.29) is 5.75 Å². The van der Waals surface area contributed by atoms with Crippen LogP contribution in [0.4, 0.5) is 13.2 Å². The third-order valence-corrected chi connectivity index (χ3v) is 1.88. The molecule has 4 N–H and O–H groups in total. The predicted octanol–water partition coefficient (Wildman–Crippen LogP) is 0.297. The fourth-order valence-corrected chi connectivity index (χ4v) is 1.09. The Kier molecular flexibility index (Phi) is 5.11. The van der Waals surface area contributed by atoms with Gasteiger partial charge in [0, 0.05) is 0 Å². The highest BCUT2D eigenvalue weighted by atomic mass is 19.4. The smallest absolute Gasteiger partial charge is 0.422 e. The monoisotopic (exact) mass is 305 g/mol. The third kappa shape index (κ3) is 5.38. The maximum absolute atomic E-state index is 12.1. The average molecular weight is 305 g/mol. The van der Waals surface area contributed by atoms with Crippen LogP contribution in [-0.4, -0.2) is 30.3 Å². The molecular weight excluding hydrogens is 295 g/mol. The van der Waals surface area contributed by atoms with Gasteiger partial charge in [-0.25, -0.2) is 9.59 Å². The maximum Gasteiger partial charge on any atom is 0.491 e. The molecule has 0 heterocycles. The Labute approximate surface area is 116 Å². The summed E-state index contributed by atoms with van der Waals surface area (Å²) in [5.41, 5.74) is 9.91. The fourth-order valence-electron chi connectivity index (χ4n) is 1.09. The van der Waals surface area contributed by atoms with Crippen molar-refractivity contribution >= 4 is 17.9 Å². The van der Waals surface area contributed by atoms with Crippen LogP contribution < -0.4 is 16.2 Å². The molecule has 1 unspecified atom stereocenters. The Morgan fingerprint density at radius 2 is 1.71 bits per heavy atom. The van der Waals surface area contributed by atoms with E-state index in [1.807, 2.05) is 0 Å². The standard InChI is InChI=1S/C11H10F3N3O4/c12-11(13,14)9(19)21-7(17-10(15)16)8(18)20-6-4-2-1-3-5-6/h1-5,7H,(H4,15,16,17). The number of esters is 2. The molecule has 114 valence electrons. The molecule has 0 aliphatic rings. The van der Waals surface area contributed by atoms with Gasteiger partial charge in [-0.1, -0.05) is 18.2 Å². The highest BCUT2D eigenvalue weighted by Gasteiger charge is 2.43. The summed E-state index contributed by atoms with van der Waals surface area (Å²) < 4.78 is 44.9. The number of aliphatic imine (C=N–C) groups is 1. The first kappa shape index (κ1) is 16.3. The Bertz CT molecular complexity index is 541. The van der Waals surface area contributed by atoms with Gasteiger partial charge >= 0.3 is 18.1 Å². The lowest BCUT2D eigenvalue weighted by atomic mass is 10.3. The summed E-state index contributed by atoms with van der Waals surface area (Å²) in [5.74, 6) is -4.74. The molecule has 1 aromatic rings. The van der Waals surface area contributed by atoms with Gasteiger partial charge in [-0.15, -0.1) is 0 Å². The zero-order valence-corrected chi connectivity index (χ0v) is 10.3. The number of carbonyl (C=O) groups excluding carboxylic acids is 2. The molecule has 0 saturated heterocycles. The van der Waals surface area contributed by atoms with Crippen molar-refractivity contribution in [3.63, 3.8) is 0 Å². The molecule has 1 atom stereocenters. The topological polar surface area (TPSA) is 117 Å². The zero-order chi connectivity index (χ0) is 16.0. The summed E-state index contributed by atoms with van der Waals surface area (Å²) in [6.07, 6.45) is -7.56. The van der Waals surface area contributed by atoms with E-state index in [0.29, 0.717) is 0 Å². The second kappa shape index (κ2) is 6.59. The van der Waals surface area contributed by atoms with Gasteiger partial charge in [0.05, 0.1) is 0 Å². The van der Waals surface area contributed by atoms with Crippen molar-refractivity contribution in [2.45, 2.75) is 12.4 Å². The molecule has 21 heavy (non-hydrogen) atoms. The van der Waals surface area contributed by atoms with Crippen LogP contribution in [0.25, 0.3) is 0 Å². The lowest BCUT2D eigenvalue weighted by Gasteiger charge is -2.14. The normalized spacial score (nSPS) is 12.1. The molecular formula is C11H10F3N3O4. The molecule has 10 heteroatoms. The number of halogens is 3. The SMILES string of the molecule is NC(N)=NC(OC(=O)C(F)(F)F)C(=O)Oc1ccccc1. The van der Waals surface area contributed by atoms with Crippen LogP contribution in [0.15, 0.2) is 35.3 Å². The molecule has 0 aliphatic heterocycles. The molecule has 7 nitrogen and oxygen atoms in total. The predicted molar refractivity (Wildman–Crippen MR) is 63.8 cm³/mol. The number of nitrogens with two attached hydrogens (primary N) is 2. The van der Waals surface area contributed by atoms with Crippen molar-refractivity contribution in [2.75, 3.05) is 0 Å². The minimum Gasteiger partial charge on any atom is -0.422 e. The maximum atomic E-state index is 12.1. The quantitative estimate of drug-likeness (QED) is 0.357. The highest BCUT2D eigenvalue weighted by molar-refractivity contribution is 5.86. The van der Waals surface area contributed by atoms with E-state index in [4.69, 9.17) is 11.5 Å². The van der Waals surface area contributed by atoms with Gasteiger partial charge in [-0.2, -0.15) is 18.2 Å². The van der Waals surface area contributed by atoms with Gasteiger partial charge in [0.2, 0.25) is 0 Å². The first-order valence-corrected chi connectivity index (χ1v) is 5.33. The molecule has 0 radical (unpaired) electrons. The summed E-state index contributed by atoms with van der Waals surface area (Å²) in [5, 5.41) is 0. The fraction of sp³-hybridized carbons (Fsp3) is 0.182. The van der Waals surface area contributed by atoms with Crippen molar-refractivity contribution in [3.05, 3.63) is 30.3 Å². The molecule has 1 aromatic carbocycles. The minimum atomic E-state index is -5.30. The molecule has 0 aliphatic carbocycles. The van der Waals surface area contributed by atoms with E-state index in [1.54, 1.807) is 6.07 Å². The molecule has 0 fully saturated rings. The molecule has 0 aromatic heterocycles. The number of hydrogen-bond acceptors (Lipinski definition) is 5. The Balaban J connectivity index is 2.85. The summed E-state index contributed by atoms with van der Waals surface area (Å²) in [4.78, 5) is 25.4. The number of ether oxygens (including phenoxy) is 2. The number of nitrogens with zero attached hydrogens (tertiary/aromatic N) is 1. The van der Waals surface area contributed by atoms with Crippen LogP contribution in [0.5, 0.6) is 5.75 Å². The van der Waals surface area contributed by atoms with Gasteiger partial charge in [0.25, 0.3) is 6.23 Å². The van der Waals surface area contributed by atoms with Crippen molar-refractivity contribution in [2.24, 2.45) is 16.5 Å². The van der Waals surface area contributed by atoms with Gasteiger partial charge in [0.15, 0.2) is 5.96 Å². The summed E-state index contributed by atoms with van der Waals surface area (Å²) >= 11 is 0. The first-order valence-electron chi connectivity index (χ1n) is 5.33. The summed E-state index contributed by atoms with van der Waals surface area (Å²) in [7, 11) is 0. The number of benzene rings is 1. The van der Waals surface area contributed by atoms with Gasteiger partial charge < -0.3 is 20.9 Å². The number of alkyl halides is 3. The van der Waals surface area contributed by atoms with E-state index in [1.165, 1.54) is 24.3 Å². The number of carbonyl (C=O) groups is 2. The molecule has 0 bridgehead atoms. The number of para-hydroxylation sites is 1. The lowest BCUT2D eigenvalue weighted by molar-refractivity contribution is -0.206. The van der Waals surface area contributed by atoms with Crippen LogP contribution in [-0.2, 0) is 14.3 Å². The Hall–Kier alpha value is -2.78. The second-order valence-electron chi connectivity index (χ2n) is 3.54. The number of guanidine groups is 1. The first-order chi connectivity index (χ1) is 9.70. The third-order valence-electron chi connectivity index (χ3n) is 1.88. The van der Waals surface area contributed by atoms with Crippen LogP contribution in [0, 0.1) is 0 Å². The van der Waals surface area contributed by atoms with Crippen molar-refractivity contribution < 1.29 is 32.2 Å². The second-order valence-corrected chi connectivity index (χ2v) is 3.54. The van der Waals surface area contributed by atoms with Crippen LogP contribution in [0.1, 0.15) is 0 Å².